The average molecular weight is 424 g/mol. The van der Waals surface area contributed by atoms with Crippen LogP contribution in [0.15, 0.2) is 12.1 Å². The van der Waals surface area contributed by atoms with Gasteiger partial charge in [0.1, 0.15) is 11.6 Å². The molecule has 0 spiro atoms. The Morgan fingerprint density at radius 1 is 1.43 bits per heavy atom. The van der Waals surface area contributed by atoms with Gasteiger partial charge in [-0.3, -0.25) is 4.79 Å². The maximum Gasteiger partial charge on any atom is 0.217 e. The van der Waals surface area contributed by atoms with Crippen molar-refractivity contribution in [1.82, 2.24) is 9.55 Å². The van der Waals surface area contributed by atoms with Crippen LogP contribution in [0.5, 0.6) is 0 Å². The largest absolute Gasteiger partial charge is 0.370 e. The summed E-state index contributed by atoms with van der Waals surface area (Å²) in [6.45, 7) is 0.677. The predicted molar refractivity (Wildman–Crippen MR) is 89.9 cm³/mol. The summed E-state index contributed by atoms with van der Waals surface area (Å²) in [5.74, 6) is 0.760. The fourth-order valence-corrected chi connectivity index (χ4v) is 2.88. The highest BCUT2D eigenvalue weighted by atomic mass is 127. The fraction of sp³-hybridized carbons (Fsp3) is 0.429. The smallest absolute Gasteiger partial charge is 0.217 e. The van der Waals surface area contributed by atoms with E-state index in [0.29, 0.717) is 35.3 Å². The minimum atomic E-state index is -0.299. The van der Waals surface area contributed by atoms with Crippen molar-refractivity contribution in [3.63, 3.8) is 0 Å². The molecule has 0 saturated heterocycles. The summed E-state index contributed by atoms with van der Waals surface area (Å²) in [4.78, 5) is 15.3. The molecule has 0 unspecified atom stereocenters. The predicted octanol–water partition coefficient (Wildman–Crippen LogP) is 3.22. The lowest BCUT2D eigenvalue weighted by Crippen LogP contribution is -2.11. The van der Waals surface area contributed by atoms with Gasteiger partial charge in [0.25, 0.3) is 0 Å². The molecule has 0 aliphatic carbocycles. The first-order valence-corrected chi connectivity index (χ1v) is 8.32. The molecule has 2 aromatic rings. The lowest BCUT2D eigenvalue weighted by atomic mass is 10.2. The van der Waals surface area contributed by atoms with Crippen LogP contribution >= 0.6 is 34.2 Å². The first-order chi connectivity index (χ1) is 10.0. The van der Waals surface area contributed by atoms with Crippen molar-refractivity contribution in [2.75, 3.05) is 5.88 Å². The molecule has 4 nitrogen and oxygen atoms in total. The van der Waals surface area contributed by atoms with E-state index in [-0.39, 0.29) is 11.7 Å². The topological polar surface area (TPSA) is 60.9 Å². The number of alkyl halides is 1. The lowest BCUT2D eigenvalue weighted by Gasteiger charge is -2.08. The van der Waals surface area contributed by atoms with Crippen LogP contribution in [-0.2, 0) is 17.8 Å². The van der Waals surface area contributed by atoms with Crippen LogP contribution in [0.2, 0.25) is 0 Å². The number of unbranched alkanes of at least 4 members (excludes halogenated alkanes) is 1. The molecule has 0 saturated carbocycles. The van der Waals surface area contributed by atoms with Gasteiger partial charge in [0.2, 0.25) is 5.91 Å². The van der Waals surface area contributed by atoms with Crippen molar-refractivity contribution in [1.29, 1.82) is 0 Å². The van der Waals surface area contributed by atoms with Crippen molar-refractivity contribution in [2.24, 2.45) is 5.73 Å². The van der Waals surface area contributed by atoms with E-state index in [1.165, 1.54) is 6.07 Å². The zero-order valence-corrected chi connectivity index (χ0v) is 14.3. The highest BCUT2D eigenvalue weighted by molar-refractivity contribution is 14.1. The molecule has 1 aromatic heterocycles. The van der Waals surface area contributed by atoms with Crippen LogP contribution in [0.4, 0.5) is 4.39 Å². The minimum Gasteiger partial charge on any atom is -0.370 e. The molecule has 21 heavy (non-hydrogen) atoms. The van der Waals surface area contributed by atoms with Gasteiger partial charge in [-0.1, -0.05) is 0 Å². The number of primary amides is 1. The van der Waals surface area contributed by atoms with E-state index in [4.69, 9.17) is 17.3 Å². The van der Waals surface area contributed by atoms with E-state index in [9.17, 15) is 9.18 Å². The molecule has 0 radical (unpaired) electrons. The second-order valence-corrected chi connectivity index (χ2v) is 6.34. The number of halogens is 3. The summed E-state index contributed by atoms with van der Waals surface area (Å²) in [5, 5.41) is 0. The number of rotatable bonds is 7. The molecule has 1 amide bonds. The maximum atomic E-state index is 13.8. The third-order valence-electron chi connectivity index (χ3n) is 3.24. The van der Waals surface area contributed by atoms with Crippen molar-refractivity contribution in [3.8, 4) is 0 Å². The quantitative estimate of drug-likeness (QED) is 0.422. The second kappa shape index (κ2) is 7.40. The first kappa shape index (κ1) is 16.5. The summed E-state index contributed by atoms with van der Waals surface area (Å²) in [6, 6.07) is 3.25. The van der Waals surface area contributed by atoms with Gasteiger partial charge in [0, 0.05) is 31.3 Å². The van der Waals surface area contributed by atoms with Crippen molar-refractivity contribution >= 4 is 51.1 Å². The molecule has 0 bridgehead atoms. The molecular formula is C14H16ClFIN3O. The number of carbonyl (C=O) groups is 1. The number of nitrogens with zero attached hydrogens (tertiary/aromatic N) is 2. The Hall–Kier alpha value is -0.890. The maximum absolute atomic E-state index is 13.8. The molecule has 2 N–H and O–H groups in total. The van der Waals surface area contributed by atoms with E-state index in [0.717, 1.165) is 23.3 Å². The number of aryl methyl sites for hydroxylation is 2. The number of imidazole rings is 1. The molecule has 7 heteroatoms. The molecule has 0 fully saturated rings. The summed E-state index contributed by atoms with van der Waals surface area (Å²) in [5.41, 5.74) is 6.67. The zero-order valence-electron chi connectivity index (χ0n) is 11.4. The fourth-order valence-electron chi connectivity index (χ4n) is 2.26. The standard InChI is InChI=1S/C14H16ClFIN3O/c15-5-4-14-19-11-8-10(17)9(16)7-12(11)20(14)6-2-1-3-13(18)21/h7-8H,1-6H2,(H2,18,21). The normalized spacial score (nSPS) is 11.2. The summed E-state index contributed by atoms with van der Waals surface area (Å²) in [6.07, 6.45) is 2.49. The first-order valence-electron chi connectivity index (χ1n) is 6.71. The third-order valence-corrected chi connectivity index (χ3v) is 4.26. The molecule has 0 aliphatic rings. The van der Waals surface area contributed by atoms with Crippen LogP contribution in [0, 0.1) is 9.39 Å². The highest BCUT2D eigenvalue weighted by Crippen LogP contribution is 2.23. The van der Waals surface area contributed by atoms with Crippen molar-refractivity contribution in [3.05, 3.63) is 27.3 Å². The molecule has 114 valence electrons. The molecule has 2 rings (SSSR count). The molecule has 1 aromatic carbocycles. The number of hydrogen-bond acceptors (Lipinski definition) is 2. The Bertz CT molecular complexity index is 659. The minimum absolute atomic E-state index is 0.251. The molecule has 0 atom stereocenters. The average Bonchev–Trinajstić information content (AvgIpc) is 2.73. The Balaban J connectivity index is 2.27. The van der Waals surface area contributed by atoms with Crippen LogP contribution in [0.3, 0.4) is 0 Å². The van der Waals surface area contributed by atoms with Gasteiger partial charge < -0.3 is 10.3 Å². The SMILES string of the molecule is NC(=O)CCCCn1c(CCCl)nc2cc(I)c(F)cc21. The van der Waals surface area contributed by atoms with Crippen LogP contribution < -0.4 is 5.73 Å². The van der Waals surface area contributed by atoms with Gasteiger partial charge in [-0.25, -0.2) is 9.37 Å². The van der Waals surface area contributed by atoms with Gasteiger partial charge in [0.15, 0.2) is 0 Å². The Morgan fingerprint density at radius 2 is 2.19 bits per heavy atom. The third kappa shape index (κ3) is 4.06. The Kier molecular flexibility index (Phi) is 5.80. The van der Waals surface area contributed by atoms with E-state index in [1.807, 2.05) is 27.2 Å². The summed E-state index contributed by atoms with van der Waals surface area (Å²) < 4.78 is 16.3. The number of benzene rings is 1. The second-order valence-electron chi connectivity index (χ2n) is 4.80. The van der Waals surface area contributed by atoms with Gasteiger partial charge in [0.05, 0.1) is 14.6 Å². The molecular weight excluding hydrogens is 408 g/mol. The van der Waals surface area contributed by atoms with E-state index in [2.05, 4.69) is 4.98 Å². The Morgan fingerprint density at radius 3 is 2.86 bits per heavy atom. The number of carbonyl (C=O) groups excluding carboxylic acids is 1. The van der Waals surface area contributed by atoms with Crippen LogP contribution in [0.1, 0.15) is 25.1 Å². The van der Waals surface area contributed by atoms with Crippen LogP contribution in [-0.4, -0.2) is 21.3 Å². The van der Waals surface area contributed by atoms with E-state index >= 15 is 0 Å². The highest BCUT2D eigenvalue weighted by Gasteiger charge is 2.13. The number of hydrogen-bond donors (Lipinski definition) is 1. The van der Waals surface area contributed by atoms with Gasteiger partial charge in [-0.05, 0) is 41.5 Å². The number of fused-ring (bicyclic) bond motifs is 1. The number of nitrogens with two attached hydrogens (primary N) is 1. The monoisotopic (exact) mass is 423 g/mol. The van der Waals surface area contributed by atoms with Gasteiger partial charge >= 0.3 is 0 Å². The Labute approximate surface area is 141 Å². The van der Waals surface area contributed by atoms with Gasteiger partial charge in [-0.2, -0.15) is 0 Å². The zero-order chi connectivity index (χ0) is 15.4. The number of aromatic nitrogens is 2. The molecule has 0 aliphatic heterocycles. The number of amides is 1. The van der Waals surface area contributed by atoms with Crippen molar-refractivity contribution < 1.29 is 9.18 Å². The molecule has 1 heterocycles. The summed E-state index contributed by atoms with van der Waals surface area (Å²) in [7, 11) is 0. The van der Waals surface area contributed by atoms with E-state index in [1.54, 1.807) is 6.07 Å². The van der Waals surface area contributed by atoms with Crippen LogP contribution in [0.25, 0.3) is 11.0 Å². The van der Waals surface area contributed by atoms with Crippen molar-refractivity contribution in [2.45, 2.75) is 32.2 Å². The lowest BCUT2D eigenvalue weighted by molar-refractivity contribution is -0.118. The van der Waals surface area contributed by atoms with Gasteiger partial charge in [-0.15, -0.1) is 11.6 Å². The summed E-state index contributed by atoms with van der Waals surface area (Å²) >= 11 is 7.77. The van der Waals surface area contributed by atoms with E-state index < -0.39 is 0 Å².